The highest BCUT2D eigenvalue weighted by atomic mass is 19.1. The molecule has 0 bridgehead atoms. The average Bonchev–Trinajstić information content (AvgIpc) is 3.38. The first-order valence-electron chi connectivity index (χ1n) is 9.69. The van der Waals surface area contributed by atoms with Crippen molar-refractivity contribution in [3.05, 3.63) is 77.3 Å². The number of carbonyl (C=O) groups excluding carboxylic acids is 2. The highest BCUT2D eigenvalue weighted by Crippen LogP contribution is 2.15. The summed E-state index contributed by atoms with van der Waals surface area (Å²) < 4.78 is 23.6. The Balaban J connectivity index is 1.62. The molecule has 0 saturated carbocycles. The van der Waals surface area contributed by atoms with Gasteiger partial charge in [0, 0.05) is 19.0 Å². The minimum atomic E-state index is -0.416. The second kappa shape index (κ2) is 9.87. The molecule has 1 N–H and O–H groups in total. The minimum Gasteiger partial charge on any atom is -0.467 e. The number of aromatic nitrogens is 1. The van der Waals surface area contributed by atoms with E-state index in [4.69, 9.17) is 8.94 Å². The van der Waals surface area contributed by atoms with Crippen LogP contribution in [0.5, 0.6) is 0 Å². The van der Waals surface area contributed by atoms with Crippen molar-refractivity contribution in [3.63, 3.8) is 0 Å². The predicted octanol–water partition coefficient (Wildman–Crippen LogP) is 3.91. The number of benzene rings is 1. The van der Waals surface area contributed by atoms with E-state index in [1.165, 1.54) is 18.2 Å². The van der Waals surface area contributed by atoms with Crippen molar-refractivity contribution in [3.8, 4) is 0 Å². The van der Waals surface area contributed by atoms with E-state index in [9.17, 15) is 14.0 Å². The Hall–Kier alpha value is -3.42. The van der Waals surface area contributed by atoms with E-state index >= 15 is 0 Å². The topological polar surface area (TPSA) is 88.6 Å². The van der Waals surface area contributed by atoms with Crippen molar-refractivity contribution in [2.75, 3.05) is 0 Å². The normalized spacial score (nSPS) is 10.9. The van der Waals surface area contributed by atoms with Crippen LogP contribution in [0.15, 0.2) is 57.7 Å². The van der Waals surface area contributed by atoms with E-state index in [1.54, 1.807) is 35.4 Å². The summed E-state index contributed by atoms with van der Waals surface area (Å²) in [5, 5.41) is 6.51. The summed E-state index contributed by atoms with van der Waals surface area (Å²) in [6, 6.07) is 10.9. The summed E-state index contributed by atoms with van der Waals surface area (Å²) >= 11 is 0. The molecule has 1 aromatic carbocycles. The molecule has 3 aromatic rings. The standard InChI is InChI=1S/C22H24FN3O4/c1-15(2)10-21(27)26(13-18-4-3-9-29-18)14-19-11-20(25-30-19)22(28)24-12-16-5-7-17(23)8-6-16/h3-9,11,15H,10,12-14H2,1-2H3,(H,24,28). The number of carbonyl (C=O) groups is 2. The molecular weight excluding hydrogens is 389 g/mol. The van der Waals surface area contributed by atoms with Gasteiger partial charge in [-0.25, -0.2) is 4.39 Å². The third-order valence-corrected chi connectivity index (χ3v) is 4.37. The van der Waals surface area contributed by atoms with Crippen molar-refractivity contribution in [1.82, 2.24) is 15.4 Å². The fourth-order valence-corrected chi connectivity index (χ4v) is 2.86. The van der Waals surface area contributed by atoms with Crippen LogP contribution in [0.25, 0.3) is 0 Å². The first kappa shape index (κ1) is 21.3. The van der Waals surface area contributed by atoms with E-state index in [1.807, 2.05) is 13.8 Å². The van der Waals surface area contributed by atoms with Gasteiger partial charge in [-0.3, -0.25) is 9.59 Å². The van der Waals surface area contributed by atoms with Gasteiger partial charge in [-0.05, 0) is 35.7 Å². The van der Waals surface area contributed by atoms with E-state index in [2.05, 4.69) is 10.5 Å². The Morgan fingerprint density at radius 1 is 1.13 bits per heavy atom. The van der Waals surface area contributed by atoms with Crippen LogP contribution < -0.4 is 5.32 Å². The predicted molar refractivity (Wildman–Crippen MR) is 106 cm³/mol. The molecule has 0 saturated heterocycles. The van der Waals surface area contributed by atoms with E-state index < -0.39 is 5.91 Å². The number of nitrogens with one attached hydrogen (secondary N) is 1. The largest absolute Gasteiger partial charge is 0.467 e. The lowest BCUT2D eigenvalue weighted by Gasteiger charge is -2.21. The second-order valence-electron chi connectivity index (χ2n) is 7.41. The van der Waals surface area contributed by atoms with Crippen LogP contribution in [0, 0.1) is 11.7 Å². The molecule has 2 amide bonds. The summed E-state index contributed by atoms with van der Waals surface area (Å²) in [6.45, 7) is 4.65. The van der Waals surface area contributed by atoms with Crippen LogP contribution in [0.1, 0.15) is 47.8 Å². The van der Waals surface area contributed by atoms with Gasteiger partial charge in [-0.15, -0.1) is 0 Å². The number of hydrogen-bond donors (Lipinski definition) is 1. The summed E-state index contributed by atoms with van der Waals surface area (Å²) in [5.41, 5.74) is 0.874. The SMILES string of the molecule is CC(C)CC(=O)N(Cc1ccco1)Cc1cc(C(=O)NCc2ccc(F)cc2)no1. The van der Waals surface area contributed by atoms with Crippen LogP contribution in [0.2, 0.25) is 0 Å². The van der Waals surface area contributed by atoms with E-state index in [0.29, 0.717) is 24.5 Å². The van der Waals surface area contributed by atoms with Crippen LogP contribution >= 0.6 is 0 Å². The Labute approximate surface area is 173 Å². The molecule has 0 atom stereocenters. The van der Waals surface area contributed by atoms with E-state index in [0.717, 1.165) is 5.56 Å². The lowest BCUT2D eigenvalue weighted by Crippen LogP contribution is -2.30. The maximum absolute atomic E-state index is 13.0. The maximum Gasteiger partial charge on any atom is 0.273 e. The summed E-state index contributed by atoms with van der Waals surface area (Å²) in [4.78, 5) is 26.6. The molecule has 3 rings (SSSR count). The zero-order valence-electron chi connectivity index (χ0n) is 16.9. The molecule has 2 aromatic heterocycles. The van der Waals surface area contributed by atoms with Gasteiger partial charge in [0.2, 0.25) is 5.91 Å². The molecule has 0 aliphatic carbocycles. The van der Waals surface area contributed by atoms with Crippen LogP contribution in [0.3, 0.4) is 0 Å². The van der Waals surface area contributed by atoms with Gasteiger partial charge in [0.15, 0.2) is 11.5 Å². The molecule has 0 unspecified atom stereocenters. The molecule has 0 fully saturated rings. The first-order chi connectivity index (χ1) is 14.4. The van der Waals surface area contributed by atoms with Crippen molar-refractivity contribution < 1.29 is 22.9 Å². The molecule has 8 heteroatoms. The Morgan fingerprint density at radius 2 is 1.87 bits per heavy atom. The van der Waals surface area contributed by atoms with Crippen LogP contribution in [-0.4, -0.2) is 21.9 Å². The van der Waals surface area contributed by atoms with Crippen molar-refractivity contribution >= 4 is 11.8 Å². The number of amides is 2. The molecule has 0 aliphatic heterocycles. The molecule has 0 spiro atoms. The smallest absolute Gasteiger partial charge is 0.273 e. The minimum absolute atomic E-state index is 0.0416. The van der Waals surface area contributed by atoms with Gasteiger partial charge in [-0.1, -0.05) is 31.1 Å². The zero-order valence-corrected chi connectivity index (χ0v) is 16.9. The van der Waals surface area contributed by atoms with Gasteiger partial charge >= 0.3 is 0 Å². The van der Waals surface area contributed by atoms with Crippen molar-refractivity contribution in [2.45, 2.75) is 39.9 Å². The highest BCUT2D eigenvalue weighted by molar-refractivity contribution is 5.92. The number of furan rings is 1. The van der Waals surface area contributed by atoms with Gasteiger partial charge in [0.1, 0.15) is 11.6 Å². The quantitative estimate of drug-likeness (QED) is 0.575. The average molecular weight is 413 g/mol. The lowest BCUT2D eigenvalue weighted by atomic mass is 10.1. The Morgan fingerprint density at radius 3 is 2.53 bits per heavy atom. The molecule has 0 radical (unpaired) electrons. The number of halogens is 1. The second-order valence-corrected chi connectivity index (χ2v) is 7.41. The van der Waals surface area contributed by atoms with Crippen molar-refractivity contribution in [2.24, 2.45) is 5.92 Å². The molecule has 2 heterocycles. The van der Waals surface area contributed by atoms with Crippen LogP contribution in [0.4, 0.5) is 4.39 Å². The molecule has 7 nitrogen and oxygen atoms in total. The zero-order chi connectivity index (χ0) is 21.5. The number of rotatable bonds is 9. The monoisotopic (exact) mass is 413 g/mol. The summed E-state index contributed by atoms with van der Waals surface area (Å²) in [5.74, 6) is 0.464. The van der Waals surface area contributed by atoms with Gasteiger partial charge < -0.3 is 19.2 Å². The Bertz CT molecular complexity index is 965. The molecule has 30 heavy (non-hydrogen) atoms. The van der Waals surface area contributed by atoms with Gasteiger partial charge in [-0.2, -0.15) is 0 Å². The summed E-state index contributed by atoms with van der Waals surface area (Å²) in [6.07, 6.45) is 1.94. The molecule has 158 valence electrons. The summed E-state index contributed by atoms with van der Waals surface area (Å²) in [7, 11) is 0. The van der Waals surface area contributed by atoms with Crippen molar-refractivity contribution in [1.29, 1.82) is 0 Å². The Kier molecular flexibility index (Phi) is 7.00. The lowest BCUT2D eigenvalue weighted by molar-refractivity contribution is -0.133. The number of hydrogen-bond acceptors (Lipinski definition) is 5. The van der Waals surface area contributed by atoms with Crippen LogP contribution in [-0.2, 0) is 24.4 Å². The third kappa shape index (κ3) is 6.04. The van der Waals surface area contributed by atoms with E-state index in [-0.39, 0.29) is 36.4 Å². The molecular formula is C22H24FN3O4. The fourth-order valence-electron chi connectivity index (χ4n) is 2.86. The van der Waals surface area contributed by atoms with Gasteiger partial charge in [0.25, 0.3) is 5.91 Å². The first-order valence-corrected chi connectivity index (χ1v) is 9.69. The third-order valence-electron chi connectivity index (χ3n) is 4.37. The highest BCUT2D eigenvalue weighted by Gasteiger charge is 2.20. The maximum atomic E-state index is 13.0. The molecule has 0 aliphatic rings. The number of nitrogens with zero attached hydrogens (tertiary/aromatic N) is 2. The fraction of sp³-hybridized carbons (Fsp3) is 0.318. The van der Waals surface area contributed by atoms with Gasteiger partial charge in [0.05, 0.1) is 19.4 Å².